The van der Waals surface area contributed by atoms with Crippen LogP contribution in [0, 0.1) is 6.92 Å². The normalized spacial score (nSPS) is 11.8. The number of H-pyrrole nitrogens is 1. The molecule has 1 N–H and O–H groups in total. The van der Waals surface area contributed by atoms with Crippen LogP contribution in [0.15, 0.2) is 53.3 Å². The molecular weight excluding hydrogens is 298 g/mol. The molecule has 2 aromatic carbocycles. The van der Waals surface area contributed by atoms with Crippen LogP contribution >= 0.6 is 0 Å². The van der Waals surface area contributed by atoms with Gasteiger partial charge < -0.3 is 4.98 Å². The molecule has 0 atom stereocenters. The number of rotatable bonds is 2. The number of benzene rings is 2. The van der Waals surface area contributed by atoms with E-state index in [-0.39, 0.29) is 5.56 Å². The molecule has 0 saturated heterocycles. The van der Waals surface area contributed by atoms with E-state index in [1.807, 2.05) is 55.5 Å². The van der Waals surface area contributed by atoms with Crippen LogP contribution in [-0.2, 0) is 7.05 Å². The second kappa shape index (κ2) is 5.49. The molecule has 118 valence electrons. The van der Waals surface area contributed by atoms with Gasteiger partial charge in [-0.05, 0) is 37.3 Å². The Hall–Kier alpha value is -3.14. The summed E-state index contributed by atoms with van der Waals surface area (Å²) in [7, 11) is 1.75. The standard InChI is InChI=1S/C20H17N3O/c1-13-14(15-7-3-5-9-17(15)21-13)11-12-19-22-18-10-6-4-8-16(18)20(24)23(19)2/h3-12,21H,1-2H3/b12-11+. The minimum absolute atomic E-state index is 0.0316. The summed E-state index contributed by atoms with van der Waals surface area (Å²) in [5, 5.41) is 1.80. The molecule has 0 aliphatic carbocycles. The van der Waals surface area contributed by atoms with Gasteiger partial charge in [0, 0.05) is 29.2 Å². The maximum absolute atomic E-state index is 12.5. The fraction of sp³-hybridized carbons (Fsp3) is 0.100. The van der Waals surface area contributed by atoms with Crippen molar-refractivity contribution in [1.82, 2.24) is 14.5 Å². The molecule has 4 aromatic rings. The molecule has 2 aromatic heterocycles. The lowest BCUT2D eigenvalue weighted by molar-refractivity contribution is 0.828. The molecule has 24 heavy (non-hydrogen) atoms. The van der Waals surface area contributed by atoms with Crippen LogP contribution in [0.4, 0.5) is 0 Å². The molecule has 0 radical (unpaired) electrons. The zero-order valence-corrected chi connectivity index (χ0v) is 13.6. The molecule has 0 aliphatic rings. The number of aromatic amines is 1. The lowest BCUT2D eigenvalue weighted by Crippen LogP contribution is -2.20. The number of nitrogens with zero attached hydrogens (tertiary/aromatic N) is 2. The number of hydrogen-bond donors (Lipinski definition) is 1. The molecular formula is C20H17N3O. The van der Waals surface area contributed by atoms with Gasteiger partial charge in [-0.15, -0.1) is 0 Å². The lowest BCUT2D eigenvalue weighted by atomic mass is 10.1. The van der Waals surface area contributed by atoms with E-state index < -0.39 is 0 Å². The molecule has 4 rings (SSSR count). The minimum Gasteiger partial charge on any atom is -0.358 e. The van der Waals surface area contributed by atoms with Crippen molar-refractivity contribution in [2.75, 3.05) is 0 Å². The molecule has 4 heteroatoms. The Morgan fingerprint density at radius 1 is 1.00 bits per heavy atom. The highest BCUT2D eigenvalue weighted by atomic mass is 16.1. The third kappa shape index (κ3) is 2.24. The fourth-order valence-corrected chi connectivity index (χ4v) is 3.06. The zero-order chi connectivity index (χ0) is 16.7. The van der Waals surface area contributed by atoms with Gasteiger partial charge in [-0.1, -0.05) is 30.3 Å². The molecule has 4 nitrogen and oxygen atoms in total. The fourth-order valence-electron chi connectivity index (χ4n) is 3.06. The highest BCUT2D eigenvalue weighted by Gasteiger charge is 2.07. The molecule has 0 unspecified atom stereocenters. The Kier molecular flexibility index (Phi) is 3.31. The van der Waals surface area contributed by atoms with Gasteiger partial charge >= 0.3 is 0 Å². The van der Waals surface area contributed by atoms with Crippen molar-refractivity contribution >= 4 is 34.0 Å². The number of aromatic nitrogens is 3. The summed E-state index contributed by atoms with van der Waals surface area (Å²) in [6, 6.07) is 15.6. The topological polar surface area (TPSA) is 50.7 Å². The monoisotopic (exact) mass is 315 g/mol. The van der Waals surface area contributed by atoms with Crippen molar-refractivity contribution in [3.8, 4) is 0 Å². The highest BCUT2D eigenvalue weighted by Crippen LogP contribution is 2.23. The second-order valence-electron chi connectivity index (χ2n) is 5.89. The number of aryl methyl sites for hydroxylation is 1. The van der Waals surface area contributed by atoms with Gasteiger partial charge in [0.05, 0.1) is 10.9 Å². The van der Waals surface area contributed by atoms with Crippen LogP contribution in [0.25, 0.3) is 34.0 Å². The van der Waals surface area contributed by atoms with Crippen molar-refractivity contribution in [2.24, 2.45) is 7.05 Å². The van der Waals surface area contributed by atoms with Gasteiger partial charge in [-0.25, -0.2) is 4.98 Å². The van der Waals surface area contributed by atoms with Gasteiger partial charge in [0.15, 0.2) is 0 Å². The lowest BCUT2D eigenvalue weighted by Gasteiger charge is -2.05. The summed E-state index contributed by atoms with van der Waals surface area (Å²) < 4.78 is 1.59. The van der Waals surface area contributed by atoms with Gasteiger partial charge in [-0.3, -0.25) is 9.36 Å². The predicted molar refractivity (Wildman–Crippen MR) is 98.9 cm³/mol. The Bertz CT molecular complexity index is 1150. The van der Waals surface area contributed by atoms with Gasteiger partial charge in [0.1, 0.15) is 5.82 Å². The zero-order valence-electron chi connectivity index (χ0n) is 13.6. The van der Waals surface area contributed by atoms with Crippen molar-refractivity contribution in [1.29, 1.82) is 0 Å². The number of para-hydroxylation sites is 2. The first-order valence-electron chi connectivity index (χ1n) is 7.86. The van der Waals surface area contributed by atoms with Gasteiger partial charge in [0.25, 0.3) is 5.56 Å². The highest BCUT2D eigenvalue weighted by molar-refractivity contribution is 5.93. The van der Waals surface area contributed by atoms with E-state index in [1.54, 1.807) is 11.6 Å². The molecule has 0 spiro atoms. The second-order valence-corrected chi connectivity index (χ2v) is 5.89. The van der Waals surface area contributed by atoms with E-state index in [9.17, 15) is 4.79 Å². The van der Waals surface area contributed by atoms with Crippen LogP contribution in [0.3, 0.4) is 0 Å². The average Bonchev–Trinajstić information content (AvgIpc) is 2.92. The molecule has 0 saturated carbocycles. The average molecular weight is 315 g/mol. The summed E-state index contributed by atoms with van der Waals surface area (Å²) in [5.74, 6) is 0.642. The Morgan fingerprint density at radius 2 is 1.71 bits per heavy atom. The first-order chi connectivity index (χ1) is 11.6. The molecule has 2 heterocycles. The summed E-state index contributed by atoms with van der Waals surface area (Å²) >= 11 is 0. The first kappa shape index (κ1) is 14.5. The van der Waals surface area contributed by atoms with Crippen LogP contribution in [0.5, 0.6) is 0 Å². The van der Waals surface area contributed by atoms with Crippen LogP contribution in [0.1, 0.15) is 17.1 Å². The summed E-state index contributed by atoms with van der Waals surface area (Å²) in [4.78, 5) is 20.5. The Morgan fingerprint density at radius 3 is 2.54 bits per heavy atom. The maximum Gasteiger partial charge on any atom is 0.261 e. The SMILES string of the molecule is Cc1[nH]c2ccccc2c1/C=C/c1nc2ccccc2c(=O)n1C. The molecule has 0 aliphatic heterocycles. The van der Waals surface area contributed by atoms with Crippen molar-refractivity contribution < 1.29 is 0 Å². The first-order valence-corrected chi connectivity index (χ1v) is 7.86. The van der Waals surface area contributed by atoms with Gasteiger partial charge in [0.2, 0.25) is 0 Å². The van der Waals surface area contributed by atoms with E-state index in [4.69, 9.17) is 0 Å². The number of hydrogen-bond acceptors (Lipinski definition) is 2. The molecule has 0 amide bonds. The third-order valence-corrected chi connectivity index (χ3v) is 4.36. The third-order valence-electron chi connectivity index (χ3n) is 4.36. The molecule has 0 fully saturated rings. The summed E-state index contributed by atoms with van der Waals surface area (Å²) in [6.45, 7) is 2.05. The largest absolute Gasteiger partial charge is 0.358 e. The summed E-state index contributed by atoms with van der Waals surface area (Å²) in [6.07, 6.45) is 3.92. The van der Waals surface area contributed by atoms with Gasteiger partial charge in [-0.2, -0.15) is 0 Å². The van der Waals surface area contributed by atoms with E-state index >= 15 is 0 Å². The smallest absolute Gasteiger partial charge is 0.261 e. The van der Waals surface area contributed by atoms with Crippen molar-refractivity contribution in [3.63, 3.8) is 0 Å². The van der Waals surface area contributed by atoms with Crippen molar-refractivity contribution in [3.05, 3.63) is 76.0 Å². The Labute approximate surface area is 139 Å². The van der Waals surface area contributed by atoms with Crippen LogP contribution in [-0.4, -0.2) is 14.5 Å². The van der Waals surface area contributed by atoms with Crippen LogP contribution < -0.4 is 5.56 Å². The molecule has 0 bridgehead atoms. The number of nitrogens with one attached hydrogen (secondary N) is 1. The van der Waals surface area contributed by atoms with E-state index in [1.165, 1.54) is 0 Å². The predicted octanol–water partition coefficient (Wildman–Crippen LogP) is 3.89. The van der Waals surface area contributed by atoms with E-state index in [0.717, 1.165) is 27.7 Å². The Balaban J connectivity index is 1.87. The quantitative estimate of drug-likeness (QED) is 0.610. The summed E-state index contributed by atoms with van der Waals surface area (Å²) in [5.41, 5.74) is 4.01. The van der Waals surface area contributed by atoms with E-state index in [2.05, 4.69) is 22.1 Å². The minimum atomic E-state index is -0.0316. The van der Waals surface area contributed by atoms with E-state index in [0.29, 0.717) is 11.2 Å². The number of fused-ring (bicyclic) bond motifs is 2. The van der Waals surface area contributed by atoms with Crippen LogP contribution in [0.2, 0.25) is 0 Å². The van der Waals surface area contributed by atoms with Crippen molar-refractivity contribution in [2.45, 2.75) is 6.92 Å². The maximum atomic E-state index is 12.5.